The number of hydrogen-bond donors (Lipinski definition) is 3. The van der Waals surface area contributed by atoms with Gasteiger partial charge in [-0.05, 0) is 109 Å². The van der Waals surface area contributed by atoms with Gasteiger partial charge < -0.3 is 20.9 Å². The summed E-state index contributed by atoms with van der Waals surface area (Å²) in [5.41, 5.74) is 5.47. The summed E-state index contributed by atoms with van der Waals surface area (Å²) in [4.78, 5) is 36.2. The van der Waals surface area contributed by atoms with Crippen LogP contribution in [-0.2, 0) is 19.1 Å². The van der Waals surface area contributed by atoms with E-state index in [-0.39, 0.29) is 18.0 Å². The highest BCUT2D eigenvalue weighted by atomic mass is 16.5. The Morgan fingerprint density at radius 2 is 1.12 bits per heavy atom. The fourth-order valence-corrected chi connectivity index (χ4v) is 5.62. The minimum atomic E-state index is -1.02. The van der Waals surface area contributed by atoms with Crippen LogP contribution in [0.4, 0.5) is 0 Å². The van der Waals surface area contributed by atoms with Gasteiger partial charge in [0.25, 0.3) is 0 Å². The summed E-state index contributed by atoms with van der Waals surface area (Å²) in [6.45, 7) is 4.77. The number of nitrogens with two attached hydrogens (primary N) is 1. The van der Waals surface area contributed by atoms with Gasteiger partial charge >= 0.3 is 11.9 Å². The molecule has 0 bridgehead atoms. The number of amides is 1. The maximum atomic E-state index is 12.7. The van der Waals surface area contributed by atoms with Crippen LogP contribution in [0.5, 0.6) is 0 Å². The van der Waals surface area contributed by atoms with E-state index in [0.29, 0.717) is 38.6 Å². The van der Waals surface area contributed by atoms with Crippen molar-refractivity contribution < 1.29 is 24.2 Å². The van der Waals surface area contributed by atoms with E-state index in [2.05, 4.69) is 92.1 Å². The second-order valence-electron chi connectivity index (χ2n) is 13.7. The van der Waals surface area contributed by atoms with Gasteiger partial charge in [-0.3, -0.25) is 9.59 Å². The molecule has 52 heavy (non-hydrogen) atoms. The fourth-order valence-electron chi connectivity index (χ4n) is 5.62. The zero-order chi connectivity index (χ0) is 38.2. The first kappa shape index (κ1) is 48.8. The largest absolute Gasteiger partial charge is 0.480 e. The van der Waals surface area contributed by atoms with E-state index in [0.717, 1.165) is 96.3 Å². The molecule has 0 aromatic heterocycles. The fraction of sp³-hybridized carbons (Fsp3) is 0.667. The lowest BCUT2D eigenvalue weighted by molar-refractivity contribution is -0.147. The molecule has 1 amide bonds. The van der Waals surface area contributed by atoms with Crippen LogP contribution in [0, 0.1) is 0 Å². The number of carbonyl (C=O) groups is 3. The number of ether oxygens (including phenoxy) is 1. The van der Waals surface area contributed by atoms with Crippen molar-refractivity contribution in [1.82, 2.24) is 5.32 Å². The first-order chi connectivity index (χ1) is 25.4. The zero-order valence-electron chi connectivity index (χ0n) is 33.1. The predicted octanol–water partition coefficient (Wildman–Crippen LogP) is 11.6. The normalized spacial score (nSPS) is 13.4. The van der Waals surface area contributed by atoms with Gasteiger partial charge in [0.1, 0.15) is 12.1 Å². The highest BCUT2D eigenvalue weighted by Gasteiger charge is 2.19. The van der Waals surface area contributed by atoms with Crippen molar-refractivity contribution in [3.63, 3.8) is 0 Å². The van der Waals surface area contributed by atoms with Gasteiger partial charge in [0.15, 0.2) is 0 Å². The van der Waals surface area contributed by atoms with Gasteiger partial charge in [-0.25, -0.2) is 4.79 Å². The highest BCUT2D eigenvalue weighted by Crippen LogP contribution is 2.15. The number of nitrogens with one attached hydrogen (secondary N) is 1. The van der Waals surface area contributed by atoms with Crippen molar-refractivity contribution in [3.8, 4) is 0 Å². The summed E-state index contributed by atoms with van der Waals surface area (Å²) in [6, 6.07) is -0.875. The average molecular weight is 725 g/mol. The number of aliphatic carboxylic acids is 1. The SMILES string of the molecule is CC/C=C\C/C=C\C/C=C\C/C=C\C/C=C\CCCCCCCC(=O)OC(/C=C\CCCCCC)CCCCCCC(=O)NC(CCCN)C(=O)O. The van der Waals surface area contributed by atoms with E-state index >= 15 is 0 Å². The molecule has 0 aliphatic carbocycles. The molecule has 0 fully saturated rings. The smallest absolute Gasteiger partial charge is 0.326 e. The predicted molar refractivity (Wildman–Crippen MR) is 220 cm³/mol. The maximum absolute atomic E-state index is 12.7. The van der Waals surface area contributed by atoms with Crippen molar-refractivity contribution in [2.45, 2.75) is 187 Å². The van der Waals surface area contributed by atoms with Crippen LogP contribution in [0.15, 0.2) is 72.9 Å². The molecule has 0 aliphatic heterocycles. The molecule has 0 spiro atoms. The van der Waals surface area contributed by atoms with Crippen molar-refractivity contribution in [1.29, 1.82) is 0 Å². The Morgan fingerprint density at radius 3 is 1.71 bits per heavy atom. The van der Waals surface area contributed by atoms with Crippen LogP contribution in [0.2, 0.25) is 0 Å². The van der Waals surface area contributed by atoms with E-state index in [1.165, 1.54) is 32.1 Å². The van der Waals surface area contributed by atoms with Gasteiger partial charge in [-0.2, -0.15) is 0 Å². The van der Waals surface area contributed by atoms with Crippen molar-refractivity contribution in [2.75, 3.05) is 6.54 Å². The number of esters is 1. The first-order valence-electron chi connectivity index (χ1n) is 20.8. The second kappa shape index (κ2) is 39.0. The van der Waals surface area contributed by atoms with Crippen LogP contribution in [0.3, 0.4) is 0 Å². The number of carboxylic acids is 1. The number of allylic oxidation sites excluding steroid dienone is 11. The molecule has 0 radical (unpaired) electrons. The average Bonchev–Trinajstić information content (AvgIpc) is 3.13. The Kier molecular flexibility index (Phi) is 36.6. The molecule has 0 heterocycles. The highest BCUT2D eigenvalue weighted by molar-refractivity contribution is 5.83. The lowest BCUT2D eigenvalue weighted by Gasteiger charge is -2.15. The first-order valence-corrected chi connectivity index (χ1v) is 20.8. The molecule has 7 heteroatoms. The molecule has 0 saturated heterocycles. The van der Waals surface area contributed by atoms with Crippen LogP contribution < -0.4 is 11.1 Å². The molecule has 0 saturated carbocycles. The second-order valence-corrected chi connectivity index (χ2v) is 13.7. The molecule has 296 valence electrons. The summed E-state index contributed by atoms with van der Waals surface area (Å²) in [7, 11) is 0. The molecular formula is C45H76N2O5. The van der Waals surface area contributed by atoms with Crippen molar-refractivity contribution >= 4 is 17.8 Å². The molecule has 0 aromatic carbocycles. The van der Waals surface area contributed by atoms with E-state index in [1.54, 1.807) is 0 Å². The Bertz CT molecular complexity index is 1040. The topological polar surface area (TPSA) is 119 Å². The van der Waals surface area contributed by atoms with Crippen LogP contribution in [-0.4, -0.2) is 41.6 Å². The number of carbonyl (C=O) groups excluding carboxylic acids is 2. The molecule has 2 unspecified atom stereocenters. The zero-order valence-corrected chi connectivity index (χ0v) is 33.1. The maximum Gasteiger partial charge on any atom is 0.326 e. The van der Waals surface area contributed by atoms with Crippen molar-refractivity contribution in [3.05, 3.63) is 72.9 Å². The van der Waals surface area contributed by atoms with E-state index < -0.39 is 12.0 Å². The standard InChI is InChI=1S/C45H76N2O5/c1-3-5-7-9-11-12-13-14-15-16-17-18-19-20-21-22-23-24-25-27-33-39-44(49)52-41(35-30-26-10-8-6-4-2)36-31-28-29-32-38-43(48)47-42(45(50)51)37-34-40-46/h5,7,11-12,14-15,17-18,20-21,30,35,41-42H,3-4,6,8-10,13,16,19,22-29,31-34,36-40,46H2,1-2H3,(H,47,48)(H,50,51)/b7-5-,12-11-,15-14-,18-17-,21-20-,35-30-. The number of unbranched alkanes of at least 4 members (excludes halogenated alkanes) is 12. The van der Waals surface area contributed by atoms with Crippen molar-refractivity contribution in [2.24, 2.45) is 5.73 Å². The third kappa shape index (κ3) is 35.2. The van der Waals surface area contributed by atoms with Crippen LogP contribution in [0.25, 0.3) is 0 Å². The molecular weight excluding hydrogens is 649 g/mol. The minimum Gasteiger partial charge on any atom is -0.480 e. The molecule has 0 rings (SSSR count). The molecule has 7 nitrogen and oxygen atoms in total. The monoisotopic (exact) mass is 725 g/mol. The Balaban J connectivity index is 4.19. The quantitative estimate of drug-likeness (QED) is 0.0336. The third-order valence-electron chi connectivity index (χ3n) is 8.74. The number of hydrogen-bond acceptors (Lipinski definition) is 5. The van der Waals surface area contributed by atoms with Gasteiger partial charge in [0.2, 0.25) is 5.91 Å². The van der Waals surface area contributed by atoms with E-state index in [9.17, 15) is 19.5 Å². The lowest BCUT2D eigenvalue weighted by atomic mass is 10.1. The molecule has 0 aromatic rings. The Hall–Kier alpha value is -3.19. The number of carboxylic acid groups (broad SMARTS) is 1. The number of rotatable bonds is 36. The summed E-state index contributed by atoms with van der Waals surface area (Å²) in [5.74, 6) is -1.36. The summed E-state index contributed by atoms with van der Waals surface area (Å²) < 4.78 is 5.89. The summed E-state index contributed by atoms with van der Waals surface area (Å²) >= 11 is 0. The summed E-state index contributed by atoms with van der Waals surface area (Å²) in [6.07, 6.45) is 49.7. The lowest BCUT2D eigenvalue weighted by Crippen LogP contribution is -2.40. The Labute approximate surface area is 318 Å². The summed E-state index contributed by atoms with van der Waals surface area (Å²) in [5, 5.41) is 11.9. The third-order valence-corrected chi connectivity index (χ3v) is 8.74. The van der Waals surface area contributed by atoms with Gasteiger partial charge in [-0.1, -0.05) is 132 Å². The van der Waals surface area contributed by atoms with E-state index in [4.69, 9.17) is 10.5 Å². The van der Waals surface area contributed by atoms with Crippen LogP contribution >= 0.6 is 0 Å². The minimum absolute atomic E-state index is 0.112. The Morgan fingerprint density at radius 1 is 0.596 bits per heavy atom. The molecule has 2 atom stereocenters. The van der Waals surface area contributed by atoms with Crippen LogP contribution in [0.1, 0.15) is 174 Å². The van der Waals surface area contributed by atoms with Gasteiger partial charge in [0, 0.05) is 12.8 Å². The van der Waals surface area contributed by atoms with Gasteiger partial charge in [-0.15, -0.1) is 0 Å². The van der Waals surface area contributed by atoms with E-state index in [1.807, 2.05) is 0 Å². The van der Waals surface area contributed by atoms with Gasteiger partial charge in [0.05, 0.1) is 0 Å². The molecule has 4 N–H and O–H groups in total. The molecule has 0 aliphatic rings.